The highest BCUT2D eigenvalue weighted by molar-refractivity contribution is 6.23. The first kappa shape index (κ1) is 87.5. The molecular weight excluding hydrogens is 1770 g/mol. The fourth-order valence-electron chi connectivity index (χ4n) is 21.2. The van der Waals surface area contributed by atoms with E-state index in [1.165, 1.54) is 209 Å². The number of benzene rings is 19. The molecule has 8 aromatic heterocycles. The summed E-state index contributed by atoms with van der Waals surface area (Å²) >= 11 is 0. The second kappa shape index (κ2) is 39.0. The van der Waals surface area contributed by atoms with Crippen molar-refractivity contribution in [2.75, 3.05) is 0 Å². The van der Waals surface area contributed by atoms with Crippen molar-refractivity contribution in [1.29, 1.82) is 0 Å². The summed E-state index contributed by atoms with van der Waals surface area (Å²) in [5, 5.41) is 20.2. The third-order valence-electron chi connectivity index (χ3n) is 26.8. The lowest BCUT2D eigenvalue weighted by Gasteiger charge is -2.13. The first-order valence-corrected chi connectivity index (χ1v) is 48.2. The van der Waals surface area contributed by atoms with Gasteiger partial charge in [0.2, 0.25) is 0 Å². The summed E-state index contributed by atoms with van der Waals surface area (Å²) in [6.07, 6.45) is 0. The van der Waals surface area contributed by atoms with E-state index in [2.05, 4.69) is 616 Å². The van der Waals surface area contributed by atoms with Gasteiger partial charge in [0.05, 0.1) is 111 Å². The molecule has 0 atom stereocenters. The average Bonchev–Trinajstić information content (AvgIpc) is 1.55. The molecule has 8 nitrogen and oxygen atoms in total. The molecule has 0 amide bonds. The summed E-state index contributed by atoms with van der Waals surface area (Å²) in [5.74, 6) is 55.6. The van der Waals surface area contributed by atoms with Gasteiger partial charge in [-0.05, 0) is 278 Å². The summed E-state index contributed by atoms with van der Waals surface area (Å²) < 4.78 is 19.4. The largest absolute Gasteiger partial charge is 0.309 e. The van der Waals surface area contributed by atoms with Gasteiger partial charge in [-0.1, -0.05) is 291 Å². The van der Waals surface area contributed by atoms with Gasteiger partial charge in [-0.25, -0.2) is 0 Å². The van der Waals surface area contributed by atoms with Crippen LogP contribution in [0.25, 0.3) is 220 Å². The number of hydrogen-bond donors (Lipinski definition) is 0. The molecular formula is C138H80N8. The Labute approximate surface area is 843 Å². The quantitative estimate of drug-likeness (QED) is 0.136. The summed E-state index contributed by atoms with van der Waals surface area (Å²) in [7, 11) is 0. The molecule has 0 aliphatic heterocycles. The molecule has 0 N–H and O–H groups in total. The van der Waals surface area contributed by atoms with Gasteiger partial charge in [0.1, 0.15) is 0 Å². The maximum absolute atomic E-state index is 2.63. The lowest BCUT2D eigenvalue weighted by atomic mass is 10.1. The minimum Gasteiger partial charge on any atom is -0.309 e. The van der Waals surface area contributed by atoms with Gasteiger partial charge in [0.25, 0.3) is 0 Å². The molecule has 27 aromatic rings. The van der Waals surface area contributed by atoms with Crippen LogP contribution in [0.5, 0.6) is 0 Å². The normalized spacial score (nSPS) is 10.6. The fraction of sp³-hybridized carbons (Fsp3) is 0.0145. The Morgan fingerprint density at radius 1 is 0.116 bits per heavy atom. The van der Waals surface area contributed by atoms with Gasteiger partial charge in [-0.3, -0.25) is 0 Å². The Kier molecular flexibility index (Phi) is 23.4. The number of fused-ring (bicyclic) bond motifs is 24. The Bertz CT molecular complexity index is 10600. The van der Waals surface area contributed by atoms with Gasteiger partial charge in [-0.15, -0.1) is 0 Å². The lowest BCUT2D eigenvalue weighted by Crippen LogP contribution is -1.97. The molecule has 0 fully saturated rings. The second-order valence-corrected chi connectivity index (χ2v) is 34.8. The third-order valence-corrected chi connectivity index (χ3v) is 26.8. The highest BCUT2D eigenvalue weighted by atomic mass is 15.1. The van der Waals surface area contributed by atoms with Crippen LogP contribution in [0.15, 0.2) is 449 Å². The van der Waals surface area contributed by atoms with E-state index in [1.807, 2.05) is 0 Å². The minimum absolute atomic E-state index is 1.16. The van der Waals surface area contributed by atoms with Crippen LogP contribution in [-0.2, 0) is 0 Å². The summed E-state index contributed by atoms with van der Waals surface area (Å²) in [5.41, 5.74) is 28.9. The van der Waals surface area contributed by atoms with Crippen LogP contribution in [0.4, 0.5) is 0 Å². The highest BCUT2D eigenvalue weighted by Gasteiger charge is 2.27. The second-order valence-electron chi connectivity index (χ2n) is 34.8. The molecule has 0 radical (unpaired) electrons. The third kappa shape index (κ3) is 15.6. The Morgan fingerprint density at radius 2 is 0.281 bits per heavy atom. The van der Waals surface area contributed by atoms with E-state index >= 15 is 0 Å². The van der Waals surface area contributed by atoms with E-state index in [-0.39, 0.29) is 0 Å². The van der Waals surface area contributed by atoms with Crippen molar-refractivity contribution in [3.05, 3.63) is 449 Å². The summed E-state index contributed by atoms with van der Waals surface area (Å²) in [6, 6.07) is 162. The smallest absolute Gasteiger partial charge is 0.0562 e. The van der Waals surface area contributed by atoms with Crippen LogP contribution >= 0.6 is 0 Å². The number of aromatic nitrogens is 8. The maximum atomic E-state index is 2.63. The predicted octanol–water partition coefficient (Wildman–Crippen LogP) is 30.9. The monoisotopic (exact) mass is 1850 g/mol. The zero-order chi connectivity index (χ0) is 97.6. The molecule has 8 heterocycles. The summed E-state index contributed by atoms with van der Waals surface area (Å²) in [4.78, 5) is 0. The van der Waals surface area contributed by atoms with Crippen LogP contribution in [0.3, 0.4) is 0 Å². The van der Waals surface area contributed by atoms with E-state index < -0.39 is 0 Å². The van der Waals surface area contributed by atoms with E-state index in [0.29, 0.717) is 0 Å². The van der Waals surface area contributed by atoms with Crippen molar-refractivity contribution in [2.45, 2.75) is 13.8 Å². The van der Waals surface area contributed by atoms with Crippen molar-refractivity contribution in [2.24, 2.45) is 0 Å². The Balaban J connectivity index is 0.000000108. The molecule has 0 aliphatic rings. The molecule has 0 unspecified atom stereocenters. The zero-order valence-electron chi connectivity index (χ0n) is 79.3. The first-order valence-electron chi connectivity index (χ1n) is 48.2. The molecule has 0 saturated heterocycles. The van der Waals surface area contributed by atoms with Gasteiger partial charge >= 0.3 is 0 Å². The molecule has 0 bridgehead atoms. The van der Waals surface area contributed by atoms with Gasteiger partial charge in [0, 0.05) is 133 Å². The van der Waals surface area contributed by atoms with E-state index in [4.69, 9.17) is 0 Å². The number of hydrogen-bond acceptors (Lipinski definition) is 0. The van der Waals surface area contributed by atoms with Crippen LogP contribution in [0, 0.1) is 130 Å². The standard InChI is InChI=1S/2C42H27N3.C30H20N2.C24H6/c1-2-13-28(14-3-1)43-35-19-8-6-17-32(35)34-27-29(25-26-39(34)43)44-38-22-11-7-18-33(38)42-40(44)23-12-24-41(42)45-36-20-9-4-15-30(36)31-16-5-10-21-37(31)45;1-2-14-28(15-3-1)43-35-22-10-6-18-31(35)41-37(43)24-12-26-39(41)45-36-23-11-7-19-32(36)42-38(25-13-27-40(42)45)44-33-20-8-4-16-29(33)30-17-5-9-21-34(30)44;1-2-11-21(12-3-1)31-27-18-9-6-15-24(27)30-28(31)19-10-20-29(30)32-25-16-7-4-13-22(25)23-14-5-8-17-26(23)32;1-3-5-7-9-11-13-15-17-19-21-23-24-22-20-18-16-14-12-10-8-6-4-2/h2*1-27H;1-20H;1-2H3. The molecule has 0 aliphatic carbocycles. The highest BCUT2D eigenvalue weighted by Crippen LogP contribution is 2.47. The predicted molar refractivity (Wildman–Crippen MR) is 611 cm³/mol. The van der Waals surface area contributed by atoms with Gasteiger partial charge in [-0.2, -0.15) is 0 Å². The van der Waals surface area contributed by atoms with E-state index in [9.17, 15) is 0 Å². The van der Waals surface area contributed by atoms with Crippen LogP contribution in [0.2, 0.25) is 0 Å². The number of para-hydroxylation sites is 14. The van der Waals surface area contributed by atoms with Crippen molar-refractivity contribution in [3.8, 4) is 176 Å². The summed E-state index contributed by atoms with van der Waals surface area (Å²) in [6.45, 7) is 3.40. The maximum Gasteiger partial charge on any atom is 0.0562 e. The van der Waals surface area contributed by atoms with Crippen molar-refractivity contribution >= 4 is 174 Å². The molecule has 672 valence electrons. The van der Waals surface area contributed by atoms with Crippen molar-refractivity contribution < 1.29 is 0 Å². The molecule has 27 rings (SSSR count). The Hall–Kier alpha value is -21.3. The molecule has 0 spiro atoms. The van der Waals surface area contributed by atoms with Crippen LogP contribution < -0.4 is 0 Å². The van der Waals surface area contributed by atoms with Crippen molar-refractivity contribution in [1.82, 2.24) is 36.5 Å². The lowest BCUT2D eigenvalue weighted by molar-refractivity contribution is 1.16. The average molecular weight is 1850 g/mol. The van der Waals surface area contributed by atoms with Gasteiger partial charge < -0.3 is 36.5 Å². The number of rotatable bonds is 8. The van der Waals surface area contributed by atoms with E-state index in [1.54, 1.807) is 13.8 Å². The Morgan fingerprint density at radius 3 is 0.534 bits per heavy atom. The zero-order valence-corrected chi connectivity index (χ0v) is 79.3. The SMILES string of the molecule is CC#CC#CC#CC#CC#CC#CC#CC#CC#CC#CC#CC.c1ccc(-n2c3ccccc3c3c(-n4c5ccccc5c5c(-n6c7ccccc7c7ccccc76)cccc54)cccc32)cc1.c1ccc(-n2c3ccccc3c3c(-n4c5ccccc5c5ccccc54)cccc32)cc1.c1ccc(-n2c3ccccc3c3cc(-n4c5ccccc5c5c(-n6c7ccccc7c7ccccc76)cccc54)ccc32)cc1. The molecule has 8 heteroatoms. The minimum atomic E-state index is 1.16. The van der Waals surface area contributed by atoms with Crippen LogP contribution in [0.1, 0.15) is 13.8 Å². The number of nitrogens with zero attached hydrogens (tertiary/aromatic N) is 8. The first-order chi connectivity index (χ1) is 72.6. The van der Waals surface area contributed by atoms with Crippen molar-refractivity contribution in [3.63, 3.8) is 0 Å². The van der Waals surface area contributed by atoms with Gasteiger partial charge in [0.15, 0.2) is 0 Å². The molecule has 19 aromatic carbocycles. The topological polar surface area (TPSA) is 39.4 Å². The molecule has 0 saturated carbocycles. The fourth-order valence-corrected chi connectivity index (χ4v) is 21.2. The molecule has 146 heavy (non-hydrogen) atoms. The van der Waals surface area contributed by atoms with E-state index in [0.717, 1.165) is 11.4 Å². The van der Waals surface area contributed by atoms with Crippen LogP contribution in [-0.4, -0.2) is 36.5 Å².